The number of ether oxygens (including phenoxy) is 1. The predicted molar refractivity (Wildman–Crippen MR) is 125 cm³/mol. The van der Waals surface area contributed by atoms with Gasteiger partial charge in [-0.25, -0.2) is 4.79 Å². The molecule has 0 saturated carbocycles. The van der Waals surface area contributed by atoms with Gasteiger partial charge in [0.1, 0.15) is 12.4 Å². The minimum Gasteiger partial charge on any atom is -0.508 e. The Morgan fingerprint density at radius 2 is 1.90 bits per heavy atom. The molecule has 31 heavy (non-hydrogen) atoms. The number of esters is 1. The van der Waals surface area contributed by atoms with E-state index >= 15 is 0 Å². The molecule has 0 spiro atoms. The number of benzene rings is 2. The average molecular weight is 457 g/mol. The average Bonchev–Trinajstić information content (AvgIpc) is 2.89. The molecular formula is C26H26Cl2O3. The monoisotopic (exact) mass is 456 g/mol. The number of halogens is 2. The first-order valence-electron chi connectivity index (χ1n) is 10.7. The van der Waals surface area contributed by atoms with Gasteiger partial charge in [0, 0.05) is 15.6 Å². The van der Waals surface area contributed by atoms with Gasteiger partial charge in [-0.1, -0.05) is 41.9 Å². The van der Waals surface area contributed by atoms with Gasteiger partial charge in [-0.05, 0) is 103 Å². The summed E-state index contributed by atoms with van der Waals surface area (Å²) in [6, 6.07) is 10.7. The van der Waals surface area contributed by atoms with E-state index in [2.05, 4.69) is 6.58 Å². The minimum absolute atomic E-state index is 0.160. The molecule has 5 heteroatoms. The van der Waals surface area contributed by atoms with Crippen molar-refractivity contribution >= 4 is 34.7 Å². The van der Waals surface area contributed by atoms with Crippen molar-refractivity contribution in [2.45, 2.75) is 45.1 Å². The number of carbonyl (C=O) groups excluding carboxylic acids is 1. The molecule has 0 aliphatic heterocycles. The maximum absolute atomic E-state index is 12.6. The van der Waals surface area contributed by atoms with Crippen LogP contribution in [0.2, 0.25) is 10.0 Å². The molecule has 2 aromatic rings. The summed E-state index contributed by atoms with van der Waals surface area (Å²) >= 11 is 12.0. The number of hydrogen-bond acceptors (Lipinski definition) is 3. The van der Waals surface area contributed by atoms with E-state index in [4.69, 9.17) is 27.9 Å². The summed E-state index contributed by atoms with van der Waals surface area (Å²) in [7, 11) is 0. The third-order valence-corrected chi connectivity index (χ3v) is 6.79. The summed E-state index contributed by atoms with van der Waals surface area (Å²) < 4.78 is 5.51. The number of aromatic hydroxyl groups is 1. The Hall–Kier alpha value is -2.23. The van der Waals surface area contributed by atoms with Gasteiger partial charge in [-0.2, -0.15) is 0 Å². The summed E-state index contributed by atoms with van der Waals surface area (Å²) in [6.07, 6.45) is 7.71. The maximum atomic E-state index is 12.6. The standard InChI is InChI=1S/C26H26Cl2O3/c1-16-21(12-20-7-8-24(29)14-25(16)20)9-17-3-2-4-19(6-5-17)26(30)31-15-18-10-22(27)13-23(28)11-18/h4,7-8,10-11,13-14,17,21,29H,1-3,5-6,9,12,15H2. The minimum atomic E-state index is -0.259. The van der Waals surface area contributed by atoms with Crippen LogP contribution in [0.4, 0.5) is 0 Å². The fourth-order valence-electron chi connectivity index (χ4n) is 4.73. The molecule has 4 rings (SSSR count). The smallest absolute Gasteiger partial charge is 0.334 e. The lowest BCUT2D eigenvalue weighted by atomic mass is 9.85. The van der Waals surface area contributed by atoms with E-state index in [9.17, 15) is 9.90 Å². The van der Waals surface area contributed by atoms with Gasteiger partial charge in [0.15, 0.2) is 0 Å². The number of allylic oxidation sites excluding steroid dienone is 2. The van der Waals surface area contributed by atoms with Crippen molar-refractivity contribution < 1.29 is 14.6 Å². The topological polar surface area (TPSA) is 46.5 Å². The number of carbonyl (C=O) groups is 1. The molecule has 2 unspecified atom stereocenters. The zero-order chi connectivity index (χ0) is 22.0. The van der Waals surface area contributed by atoms with Crippen molar-refractivity contribution in [3.8, 4) is 5.75 Å². The lowest BCUT2D eigenvalue weighted by Gasteiger charge is -2.20. The zero-order valence-corrected chi connectivity index (χ0v) is 18.9. The number of hydrogen-bond donors (Lipinski definition) is 1. The van der Waals surface area contributed by atoms with E-state index in [1.165, 1.54) is 5.56 Å². The van der Waals surface area contributed by atoms with E-state index < -0.39 is 0 Å². The van der Waals surface area contributed by atoms with E-state index in [-0.39, 0.29) is 12.6 Å². The van der Waals surface area contributed by atoms with Crippen LogP contribution < -0.4 is 0 Å². The fourth-order valence-corrected chi connectivity index (χ4v) is 5.31. The Kier molecular flexibility index (Phi) is 6.74. The molecule has 162 valence electrons. The number of fused-ring (bicyclic) bond motifs is 1. The summed E-state index contributed by atoms with van der Waals surface area (Å²) in [4.78, 5) is 12.6. The van der Waals surface area contributed by atoms with Crippen molar-refractivity contribution in [3.63, 3.8) is 0 Å². The number of rotatable bonds is 5. The van der Waals surface area contributed by atoms with Crippen molar-refractivity contribution in [1.82, 2.24) is 0 Å². The number of phenols is 1. The van der Waals surface area contributed by atoms with Gasteiger partial charge in [0.25, 0.3) is 0 Å². The Labute approximate surface area is 193 Å². The molecule has 2 atom stereocenters. The van der Waals surface area contributed by atoms with Gasteiger partial charge in [-0.3, -0.25) is 0 Å². The quantitative estimate of drug-likeness (QED) is 0.486. The molecule has 3 nitrogen and oxygen atoms in total. The second kappa shape index (κ2) is 9.50. The van der Waals surface area contributed by atoms with Crippen LogP contribution in [0.25, 0.3) is 5.57 Å². The molecule has 0 fully saturated rings. The first kappa shape index (κ1) is 22.0. The molecule has 0 amide bonds. The molecule has 0 aromatic heterocycles. The van der Waals surface area contributed by atoms with E-state index in [1.807, 2.05) is 18.2 Å². The van der Waals surface area contributed by atoms with E-state index in [1.54, 1.807) is 24.3 Å². The Bertz CT molecular complexity index is 1020. The molecule has 1 N–H and O–H groups in total. The van der Waals surface area contributed by atoms with Crippen LogP contribution in [0, 0.1) is 11.8 Å². The van der Waals surface area contributed by atoms with Crippen LogP contribution in [0.5, 0.6) is 5.75 Å². The first-order valence-corrected chi connectivity index (χ1v) is 11.5. The lowest BCUT2D eigenvalue weighted by Crippen LogP contribution is -2.10. The molecule has 0 heterocycles. The predicted octanol–water partition coefficient (Wildman–Crippen LogP) is 7.13. The van der Waals surface area contributed by atoms with Gasteiger partial charge < -0.3 is 9.84 Å². The fraction of sp³-hybridized carbons (Fsp3) is 0.346. The summed E-state index contributed by atoms with van der Waals surface area (Å²) in [5.74, 6) is 0.980. The Balaban J connectivity index is 1.29. The first-order chi connectivity index (χ1) is 14.9. The highest BCUT2D eigenvalue weighted by Gasteiger charge is 2.29. The van der Waals surface area contributed by atoms with E-state index in [0.717, 1.165) is 60.8 Å². The van der Waals surface area contributed by atoms with Crippen molar-refractivity contribution in [2.24, 2.45) is 11.8 Å². The largest absolute Gasteiger partial charge is 0.508 e. The highest BCUT2D eigenvalue weighted by molar-refractivity contribution is 6.34. The Morgan fingerprint density at radius 1 is 1.13 bits per heavy atom. The van der Waals surface area contributed by atoms with Crippen molar-refractivity contribution in [2.75, 3.05) is 0 Å². The molecule has 0 bridgehead atoms. The highest BCUT2D eigenvalue weighted by atomic mass is 35.5. The van der Waals surface area contributed by atoms with Gasteiger partial charge in [-0.15, -0.1) is 0 Å². The molecule has 0 saturated heterocycles. The Morgan fingerprint density at radius 3 is 2.68 bits per heavy atom. The molecular weight excluding hydrogens is 431 g/mol. The van der Waals surface area contributed by atoms with Crippen LogP contribution in [0.1, 0.15) is 48.8 Å². The maximum Gasteiger partial charge on any atom is 0.334 e. The lowest BCUT2D eigenvalue weighted by molar-refractivity contribution is -0.140. The van der Waals surface area contributed by atoms with Crippen LogP contribution in [0.15, 0.2) is 54.6 Å². The van der Waals surface area contributed by atoms with E-state index in [0.29, 0.717) is 27.6 Å². The SMILES string of the molecule is C=C1c2cc(O)ccc2CC1CC1CCC=C(C(=O)OCc2cc(Cl)cc(Cl)c2)CC1. The second-order valence-electron chi connectivity index (χ2n) is 8.57. The van der Waals surface area contributed by atoms with Gasteiger partial charge in [0.2, 0.25) is 0 Å². The van der Waals surface area contributed by atoms with Crippen molar-refractivity contribution in [3.05, 3.63) is 81.4 Å². The third-order valence-electron chi connectivity index (χ3n) is 6.36. The zero-order valence-electron chi connectivity index (χ0n) is 17.4. The van der Waals surface area contributed by atoms with Crippen LogP contribution >= 0.6 is 23.2 Å². The van der Waals surface area contributed by atoms with Gasteiger partial charge in [0.05, 0.1) is 0 Å². The third kappa shape index (κ3) is 5.34. The highest BCUT2D eigenvalue weighted by Crippen LogP contribution is 2.42. The van der Waals surface area contributed by atoms with Crippen LogP contribution in [-0.2, 0) is 22.6 Å². The number of phenolic OH excluding ortho intramolecular Hbond substituents is 1. The van der Waals surface area contributed by atoms with Gasteiger partial charge >= 0.3 is 5.97 Å². The normalized spacial score (nSPS) is 20.7. The summed E-state index contributed by atoms with van der Waals surface area (Å²) in [6.45, 7) is 4.46. The van der Waals surface area contributed by atoms with Crippen LogP contribution in [-0.4, -0.2) is 11.1 Å². The van der Waals surface area contributed by atoms with Crippen LogP contribution in [0.3, 0.4) is 0 Å². The summed E-state index contributed by atoms with van der Waals surface area (Å²) in [5.41, 5.74) is 5.03. The molecule has 2 aliphatic carbocycles. The molecule has 2 aliphatic rings. The summed E-state index contributed by atoms with van der Waals surface area (Å²) in [5, 5.41) is 10.8. The van der Waals surface area contributed by atoms with Crippen molar-refractivity contribution in [1.29, 1.82) is 0 Å². The molecule has 2 aromatic carbocycles. The molecule has 0 radical (unpaired) electrons. The second-order valence-corrected chi connectivity index (χ2v) is 9.44.